The highest BCUT2D eigenvalue weighted by Crippen LogP contribution is 2.25. The highest BCUT2D eigenvalue weighted by molar-refractivity contribution is 5.38. The van der Waals surface area contributed by atoms with Crippen molar-refractivity contribution in [3.63, 3.8) is 0 Å². The van der Waals surface area contributed by atoms with Gasteiger partial charge in [0.25, 0.3) is 0 Å². The fourth-order valence-corrected chi connectivity index (χ4v) is 2.39. The molecule has 1 aromatic rings. The second kappa shape index (κ2) is 6.89. The summed E-state index contributed by atoms with van der Waals surface area (Å²) >= 11 is 0. The van der Waals surface area contributed by atoms with Crippen LogP contribution >= 0.6 is 0 Å². The molecule has 0 atom stereocenters. The molecule has 2 N–H and O–H groups in total. The number of aliphatic hydroxyl groups excluding tert-OH is 2. The van der Waals surface area contributed by atoms with Crippen LogP contribution in [0.4, 0.5) is 0 Å². The van der Waals surface area contributed by atoms with E-state index in [0.717, 1.165) is 38.2 Å². The second-order valence-electron chi connectivity index (χ2n) is 5.14. The second-order valence-corrected chi connectivity index (χ2v) is 5.14. The fourth-order valence-electron chi connectivity index (χ4n) is 2.39. The van der Waals surface area contributed by atoms with Crippen LogP contribution in [0, 0.1) is 0 Å². The number of benzene rings is 1. The van der Waals surface area contributed by atoms with E-state index < -0.39 is 0 Å². The Morgan fingerprint density at radius 3 is 2.84 bits per heavy atom. The minimum atomic E-state index is -0.166. The highest BCUT2D eigenvalue weighted by atomic mass is 16.5. The zero-order valence-corrected chi connectivity index (χ0v) is 11.5. The lowest BCUT2D eigenvalue weighted by molar-refractivity contribution is 0.0925. The van der Waals surface area contributed by atoms with Crippen LogP contribution in [0.5, 0.6) is 5.75 Å². The van der Waals surface area contributed by atoms with Crippen molar-refractivity contribution in [3.05, 3.63) is 29.3 Å². The zero-order chi connectivity index (χ0) is 13.7. The number of aryl methyl sites for hydroxylation is 1. The van der Waals surface area contributed by atoms with Gasteiger partial charge < -0.3 is 14.9 Å². The third kappa shape index (κ3) is 3.69. The molecule has 0 fully saturated rings. The van der Waals surface area contributed by atoms with Crippen LogP contribution in [-0.2, 0) is 12.8 Å². The number of fused-ring (bicyclic) bond motifs is 1. The summed E-state index contributed by atoms with van der Waals surface area (Å²) in [6.07, 6.45) is 3.10. The lowest BCUT2D eigenvalue weighted by Crippen LogP contribution is -2.38. The molecule has 0 aliphatic carbocycles. The molecule has 1 aromatic carbocycles. The molecule has 0 radical (unpaired) electrons. The third-order valence-electron chi connectivity index (χ3n) is 3.77. The molecule has 106 valence electrons. The van der Waals surface area contributed by atoms with E-state index in [2.05, 4.69) is 18.2 Å². The van der Waals surface area contributed by atoms with Crippen molar-refractivity contribution in [2.24, 2.45) is 0 Å². The van der Waals surface area contributed by atoms with E-state index in [0.29, 0.717) is 0 Å². The first-order valence-electron chi connectivity index (χ1n) is 6.91. The molecule has 0 bridgehead atoms. The number of ether oxygens (including phenoxy) is 1. The summed E-state index contributed by atoms with van der Waals surface area (Å²) in [4.78, 5) is 2.00. The summed E-state index contributed by atoms with van der Waals surface area (Å²) in [6.45, 7) is 1.63. The first-order valence-corrected chi connectivity index (χ1v) is 6.91. The Balaban J connectivity index is 1.92. The number of likely N-dealkylation sites (N-methyl/N-ethyl adjacent to an activating group) is 1. The maximum Gasteiger partial charge on any atom is 0.122 e. The molecule has 1 heterocycles. The highest BCUT2D eigenvalue weighted by Gasteiger charge is 2.13. The van der Waals surface area contributed by atoms with E-state index in [-0.39, 0.29) is 19.3 Å². The fraction of sp³-hybridized carbons (Fsp3) is 0.600. The van der Waals surface area contributed by atoms with Crippen LogP contribution in [0.25, 0.3) is 0 Å². The van der Waals surface area contributed by atoms with Crippen LogP contribution < -0.4 is 4.74 Å². The smallest absolute Gasteiger partial charge is 0.122 e. The predicted molar refractivity (Wildman–Crippen MR) is 74.6 cm³/mol. The molecule has 2 rings (SSSR count). The van der Waals surface area contributed by atoms with E-state index >= 15 is 0 Å². The zero-order valence-electron chi connectivity index (χ0n) is 11.5. The Hall–Kier alpha value is -1.10. The van der Waals surface area contributed by atoms with Crippen molar-refractivity contribution in [2.75, 3.05) is 33.4 Å². The van der Waals surface area contributed by atoms with Crippen molar-refractivity contribution in [2.45, 2.75) is 25.3 Å². The van der Waals surface area contributed by atoms with Gasteiger partial charge in [0.1, 0.15) is 5.75 Å². The van der Waals surface area contributed by atoms with Crippen molar-refractivity contribution in [3.8, 4) is 5.75 Å². The molecule has 0 aromatic heterocycles. The molecule has 0 saturated heterocycles. The summed E-state index contributed by atoms with van der Waals surface area (Å²) < 4.78 is 5.60. The Morgan fingerprint density at radius 2 is 2.11 bits per heavy atom. The van der Waals surface area contributed by atoms with Gasteiger partial charge in [-0.25, -0.2) is 0 Å². The number of nitrogens with zero attached hydrogens (tertiary/aromatic N) is 1. The van der Waals surface area contributed by atoms with Gasteiger partial charge in [-0.2, -0.15) is 0 Å². The molecule has 0 unspecified atom stereocenters. The van der Waals surface area contributed by atoms with Crippen molar-refractivity contribution in [1.82, 2.24) is 4.90 Å². The van der Waals surface area contributed by atoms with Gasteiger partial charge in [-0.1, -0.05) is 12.1 Å². The number of hydrogen-bond acceptors (Lipinski definition) is 4. The summed E-state index contributed by atoms with van der Waals surface area (Å²) in [7, 11) is 1.93. The SMILES string of the molecule is CN(CCc1ccc2c(c1)CCCO2)C(CO)CO. The van der Waals surface area contributed by atoms with Gasteiger partial charge in [-0.05, 0) is 43.5 Å². The lowest BCUT2D eigenvalue weighted by Gasteiger charge is -2.25. The summed E-state index contributed by atoms with van der Waals surface area (Å²) in [5.41, 5.74) is 2.58. The van der Waals surface area contributed by atoms with Crippen LogP contribution in [0.15, 0.2) is 18.2 Å². The van der Waals surface area contributed by atoms with E-state index in [4.69, 9.17) is 14.9 Å². The molecule has 0 spiro atoms. The van der Waals surface area contributed by atoms with Crippen LogP contribution in [0.3, 0.4) is 0 Å². The van der Waals surface area contributed by atoms with Crippen LogP contribution in [0.2, 0.25) is 0 Å². The largest absolute Gasteiger partial charge is 0.493 e. The standard InChI is InChI=1S/C15H23NO3/c1-16(14(10-17)11-18)7-6-12-4-5-15-13(9-12)3-2-8-19-15/h4-5,9,14,17-18H,2-3,6-8,10-11H2,1H3. The molecule has 0 saturated carbocycles. The van der Waals surface area contributed by atoms with Gasteiger partial charge in [0, 0.05) is 6.54 Å². The number of aliphatic hydroxyl groups is 2. The molecular formula is C15H23NO3. The molecular weight excluding hydrogens is 242 g/mol. The van der Waals surface area contributed by atoms with Gasteiger partial charge in [0.05, 0.1) is 25.9 Å². The van der Waals surface area contributed by atoms with E-state index in [1.165, 1.54) is 11.1 Å². The Kier molecular flexibility index (Phi) is 5.19. The quantitative estimate of drug-likeness (QED) is 0.800. The van der Waals surface area contributed by atoms with Gasteiger partial charge in [0.2, 0.25) is 0 Å². The Labute approximate surface area is 114 Å². The van der Waals surface area contributed by atoms with Crippen molar-refractivity contribution >= 4 is 0 Å². The average molecular weight is 265 g/mol. The molecule has 1 aliphatic rings. The lowest BCUT2D eigenvalue weighted by atomic mass is 10.0. The van der Waals surface area contributed by atoms with Gasteiger partial charge >= 0.3 is 0 Å². The molecule has 4 heteroatoms. The maximum absolute atomic E-state index is 9.13. The monoisotopic (exact) mass is 265 g/mol. The summed E-state index contributed by atoms with van der Waals surface area (Å²) in [6, 6.07) is 6.21. The maximum atomic E-state index is 9.13. The first kappa shape index (κ1) is 14.3. The van der Waals surface area contributed by atoms with Crippen molar-refractivity contribution < 1.29 is 14.9 Å². The van der Waals surface area contributed by atoms with Gasteiger partial charge in [0.15, 0.2) is 0 Å². The minimum Gasteiger partial charge on any atom is -0.493 e. The Morgan fingerprint density at radius 1 is 1.32 bits per heavy atom. The third-order valence-corrected chi connectivity index (χ3v) is 3.77. The molecule has 19 heavy (non-hydrogen) atoms. The van der Waals surface area contributed by atoms with Gasteiger partial charge in [-0.15, -0.1) is 0 Å². The predicted octanol–water partition coefficient (Wildman–Crippen LogP) is 0.839. The normalized spacial score (nSPS) is 14.6. The first-order chi connectivity index (χ1) is 9.24. The average Bonchev–Trinajstić information content (AvgIpc) is 2.46. The minimum absolute atomic E-state index is 0.00890. The van der Waals surface area contributed by atoms with E-state index in [1.807, 2.05) is 11.9 Å². The Bertz CT molecular complexity index is 404. The molecule has 0 amide bonds. The van der Waals surface area contributed by atoms with E-state index in [1.54, 1.807) is 0 Å². The van der Waals surface area contributed by atoms with E-state index in [9.17, 15) is 0 Å². The summed E-state index contributed by atoms with van der Waals surface area (Å²) in [5.74, 6) is 1.02. The molecule has 1 aliphatic heterocycles. The number of rotatable bonds is 6. The number of hydrogen-bond donors (Lipinski definition) is 2. The molecule has 4 nitrogen and oxygen atoms in total. The topological polar surface area (TPSA) is 52.9 Å². The van der Waals surface area contributed by atoms with Gasteiger partial charge in [-0.3, -0.25) is 4.90 Å². The summed E-state index contributed by atoms with van der Waals surface area (Å²) in [5, 5.41) is 18.3. The van der Waals surface area contributed by atoms with Crippen molar-refractivity contribution in [1.29, 1.82) is 0 Å². The van der Waals surface area contributed by atoms with Crippen LogP contribution in [-0.4, -0.2) is 54.6 Å². The van der Waals surface area contributed by atoms with Crippen LogP contribution in [0.1, 0.15) is 17.5 Å².